The maximum atomic E-state index is 13.3. The molecule has 1 saturated heterocycles. The Bertz CT molecular complexity index is 1350. The molecule has 3 heterocycles. The first-order valence-corrected chi connectivity index (χ1v) is 13.5. The third kappa shape index (κ3) is 5.34. The quantitative estimate of drug-likeness (QED) is 0.478. The molecule has 0 amide bonds. The second-order valence-electron chi connectivity index (χ2n) is 9.57. The van der Waals surface area contributed by atoms with Crippen LogP contribution in [0.5, 0.6) is 0 Å². The molecule has 0 radical (unpaired) electrons. The number of pyridine rings is 2. The van der Waals surface area contributed by atoms with Crippen LogP contribution in [-0.2, 0) is 26.4 Å². The zero-order valence-corrected chi connectivity index (χ0v) is 20.6. The van der Waals surface area contributed by atoms with E-state index < -0.39 is 32.4 Å². The summed E-state index contributed by atoms with van der Waals surface area (Å²) in [6.07, 6.45) is -0.0242. The number of aromatic nitrogens is 2. The van der Waals surface area contributed by atoms with Crippen molar-refractivity contribution < 1.29 is 31.4 Å². The van der Waals surface area contributed by atoms with Crippen molar-refractivity contribution in [1.82, 2.24) is 9.97 Å². The van der Waals surface area contributed by atoms with Gasteiger partial charge in [0.25, 0.3) is 0 Å². The number of halogens is 3. The van der Waals surface area contributed by atoms with Gasteiger partial charge in [0, 0.05) is 18.4 Å². The first-order valence-electron chi connectivity index (χ1n) is 12.0. The molecule has 0 unspecified atom stereocenters. The summed E-state index contributed by atoms with van der Waals surface area (Å²) in [6, 6.07) is 12.5. The Hall–Kier alpha value is -3.02. The van der Waals surface area contributed by atoms with Crippen LogP contribution in [0.4, 0.5) is 19.0 Å². The maximum absolute atomic E-state index is 13.3. The highest BCUT2D eigenvalue weighted by atomic mass is 32.2. The minimum absolute atomic E-state index is 0.0603. The normalized spacial score (nSPS) is 21.7. The third-order valence-electron chi connectivity index (χ3n) is 6.99. The lowest BCUT2D eigenvalue weighted by atomic mass is 9.94. The Labute approximate surface area is 212 Å². The standard InChI is InChI=1S/C26H26F3N3O4S/c27-26(28,29)19-3-10-24(31-14-19)32-20-4-8-22(9-5-20)37(34,35)21-6-1-17(2-7-21)18-11-12-30-23(13-18)25(33)15-36-16-25/h1-3,6-7,10-14,20,22,33H,4-5,8-9,15-16H2,(H,31,32). The molecule has 5 rings (SSSR count). The van der Waals surface area contributed by atoms with Crippen LogP contribution in [0.3, 0.4) is 0 Å². The van der Waals surface area contributed by atoms with Gasteiger partial charge >= 0.3 is 6.18 Å². The summed E-state index contributed by atoms with van der Waals surface area (Å²) in [7, 11) is -3.54. The topological polar surface area (TPSA) is 101 Å². The number of aliphatic hydroxyl groups is 1. The van der Waals surface area contributed by atoms with E-state index in [0.29, 0.717) is 37.2 Å². The van der Waals surface area contributed by atoms with Gasteiger partial charge in [0.1, 0.15) is 5.82 Å². The molecule has 2 fully saturated rings. The van der Waals surface area contributed by atoms with Gasteiger partial charge in [0.15, 0.2) is 15.4 Å². The van der Waals surface area contributed by atoms with E-state index in [2.05, 4.69) is 15.3 Å². The molecule has 1 saturated carbocycles. The summed E-state index contributed by atoms with van der Waals surface area (Å²) in [5.41, 5.74) is 0.245. The van der Waals surface area contributed by atoms with Gasteiger partial charge in [-0.15, -0.1) is 0 Å². The molecule has 1 aliphatic carbocycles. The Morgan fingerprint density at radius 3 is 2.22 bits per heavy atom. The highest BCUT2D eigenvalue weighted by Crippen LogP contribution is 2.34. The van der Waals surface area contributed by atoms with Gasteiger partial charge in [-0.25, -0.2) is 13.4 Å². The smallest absolute Gasteiger partial charge is 0.379 e. The zero-order valence-electron chi connectivity index (χ0n) is 19.8. The fourth-order valence-electron chi connectivity index (χ4n) is 4.71. The van der Waals surface area contributed by atoms with Crippen molar-refractivity contribution in [3.8, 4) is 11.1 Å². The number of ether oxygens (including phenoxy) is 1. The van der Waals surface area contributed by atoms with E-state index in [9.17, 15) is 26.7 Å². The second kappa shape index (κ2) is 9.70. The van der Waals surface area contributed by atoms with Crippen LogP contribution >= 0.6 is 0 Å². The summed E-state index contributed by atoms with van der Waals surface area (Å²) in [4.78, 5) is 8.33. The molecule has 3 aromatic rings. The SMILES string of the molecule is O=S(=O)(c1ccc(-c2ccnc(C3(O)COC3)c2)cc1)C1CCC(Nc2ccc(C(F)(F)F)cn2)CC1. The first kappa shape index (κ1) is 25.6. The van der Waals surface area contributed by atoms with Crippen LogP contribution in [-0.4, -0.2) is 48.0 Å². The van der Waals surface area contributed by atoms with Gasteiger partial charge in [-0.3, -0.25) is 4.98 Å². The largest absolute Gasteiger partial charge is 0.417 e. The number of hydrogen-bond acceptors (Lipinski definition) is 7. The lowest BCUT2D eigenvalue weighted by Crippen LogP contribution is -2.47. The number of alkyl halides is 3. The van der Waals surface area contributed by atoms with E-state index in [4.69, 9.17) is 4.74 Å². The Morgan fingerprint density at radius 2 is 1.65 bits per heavy atom. The Kier molecular flexibility index (Phi) is 6.71. The molecule has 2 aliphatic rings. The van der Waals surface area contributed by atoms with Crippen molar-refractivity contribution in [2.45, 2.75) is 53.6 Å². The van der Waals surface area contributed by atoms with E-state index in [1.807, 2.05) is 0 Å². The van der Waals surface area contributed by atoms with Gasteiger partial charge in [-0.2, -0.15) is 13.2 Å². The summed E-state index contributed by atoms with van der Waals surface area (Å²) in [6.45, 7) is 0.387. The van der Waals surface area contributed by atoms with E-state index >= 15 is 0 Å². The minimum Gasteiger partial charge on any atom is -0.379 e. The van der Waals surface area contributed by atoms with Crippen molar-refractivity contribution in [1.29, 1.82) is 0 Å². The van der Waals surface area contributed by atoms with Gasteiger partial charge in [-0.05, 0) is 73.2 Å². The predicted molar refractivity (Wildman–Crippen MR) is 130 cm³/mol. The summed E-state index contributed by atoms with van der Waals surface area (Å²) in [5, 5.41) is 13.1. The third-order valence-corrected chi connectivity index (χ3v) is 9.27. The van der Waals surface area contributed by atoms with Crippen molar-refractivity contribution in [2.24, 2.45) is 0 Å². The summed E-state index contributed by atoms with van der Waals surface area (Å²) < 4.78 is 69.8. The zero-order chi connectivity index (χ0) is 26.3. The van der Waals surface area contributed by atoms with Crippen molar-refractivity contribution in [2.75, 3.05) is 18.5 Å². The molecule has 2 aromatic heterocycles. The van der Waals surface area contributed by atoms with Crippen molar-refractivity contribution in [3.05, 3.63) is 72.2 Å². The average molecular weight is 534 g/mol. The van der Waals surface area contributed by atoms with E-state index in [1.54, 1.807) is 42.6 Å². The number of hydrogen-bond donors (Lipinski definition) is 2. The van der Waals surface area contributed by atoms with Crippen molar-refractivity contribution in [3.63, 3.8) is 0 Å². The van der Waals surface area contributed by atoms with Crippen LogP contribution in [0.25, 0.3) is 11.1 Å². The van der Waals surface area contributed by atoms with Gasteiger partial charge in [0.2, 0.25) is 0 Å². The van der Waals surface area contributed by atoms with E-state index in [1.165, 1.54) is 6.07 Å². The summed E-state index contributed by atoms with van der Waals surface area (Å²) in [5.74, 6) is 0.339. The lowest BCUT2D eigenvalue weighted by Gasteiger charge is -2.35. The molecule has 2 N–H and O–H groups in total. The number of nitrogens with one attached hydrogen (secondary N) is 1. The molecule has 7 nitrogen and oxygen atoms in total. The maximum Gasteiger partial charge on any atom is 0.417 e. The molecule has 0 bridgehead atoms. The number of nitrogens with zero attached hydrogens (tertiary/aromatic N) is 2. The minimum atomic E-state index is -4.44. The molecular formula is C26H26F3N3O4S. The molecule has 37 heavy (non-hydrogen) atoms. The fourth-order valence-corrected chi connectivity index (χ4v) is 6.50. The van der Waals surface area contributed by atoms with Crippen LogP contribution < -0.4 is 5.32 Å². The van der Waals surface area contributed by atoms with Crippen LogP contribution in [0.2, 0.25) is 0 Å². The molecular weight excluding hydrogens is 507 g/mol. The molecule has 1 aliphatic heterocycles. The number of sulfone groups is 1. The molecule has 1 aromatic carbocycles. The molecule has 0 atom stereocenters. The van der Waals surface area contributed by atoms with Crippen LogP contribution in [0.15, 0.2) is 65.8 Å². The predicted octanol–water partition coefficient (Wildman–Crippen LogP) is 4.58. The first-order chi connectivity index (χ1) is 17.5. The highest BCUT2D eigenvalue weighted by molar-refractivity contribution is 7.92. The molecule has 11 heteroatoms. The van der Waals surface area contributed by atoms with E-state index in [0.717, 1.165) is 23.4 Å². The van der Waals surface area contributed by atoms with Crippen LogP contribution in [0.1, 0.15) is 36.9 Å². The lowest BCUT2D eigenvalue weighted by molar-refractivity contribution is -0.186. The van der Waals surface area contributed by atoms with Crippen LogP contribution in [0, 0.1) is 0 Å². The number of anilines is 1. The molecule has 196 valence electrons. The average Bonchev–Trinajstić information content (AvgIpc) is 2.87. The molecule has 0 spiro atoms. The fraction of sp³-hybridized carbons (Fsp3) is 0.385. The van der Waals surface area contributed by atoms with Crippen molar-refractivity contribution >= 4 is 15.7 Å². The monoisotopic (exact) mass is 533 g/mol. The Morgan fingerprint density at radius 1 is 0.946 bits per heavy atom. The number of benzene rings is 1. The highest BCUT2D eigenvalue weighted by Gasteiger charge is 2.39. The summed E-state index contributed by atoms with van der Waals surface area (Å²) >= 11 is 0. The number of rotatable bonds is 6. The van der Waals surface area contributed by atoms with E-state index in [-0.39, 0.29) is 24.2 Å². The Balaban J connectivity index is 1.21. The van der Waals surface area contributed by atoms with Gasteiger partial charge < -0.3 is 15.2 Å². The second-order valence-corrected chi connectivity index (χ2v) is 11.8. The van der Waals surface area contributed by atoms with Gasteiger partial charge in [0.05, 0.1) is 34.6 Å². The van der Waals surface area contributed by atoms with Gasteiger partial charge in [-0.1, -0.05) is 12.1 Å².